The summed E-state index contributed by atoms with van der Waals surface area (Å²) in [5, 5.41) is 7.53. The summed E-state index contributed by atoms with van der Waals surface area (Å²) < 4.78 is 12.3. The number of nitrogens with one attached hydrogen (secondary N) is 1. The number of ether oxygens (including phenoxy) is 2. The summed E-state index contributed by atoms with van der Waals surface area (Å²) in [7, 11) is 1.70. The number of hydrogen-bond donors (Lipinski definition) is 1. The molecule has 0 bridgehead atoms. The molecule has 2 heterocycles. The van der Waals surface area contributed by atoms with E-state index < -0.39 is 0 Å². The quantitative estimate of drug-likeness (QED) is 0.682. The van der Waals surface area contributed by atoms with Gasteiger partial charge in [0.05, 0.1) is 19.8 Å². The van der Waals surface area contributed by atoms with Gasteiger partial charge in [-0.2, -0.15) is 5.10 Å². The molecule has 1 atom stereocenters. The Bertz CT molecular complexity index is 323. The highest BCUT2D eigenvalue weighted by Crippen LogP contribution is 2.14. The van der Waals surface area contributed by atoms with Gasteiger partial charge >= 0.3 is 0 Å². The van der Waals surface area contributed by atoms with Gasteiger partial charge in [-0.25, -0.2) is 9.67 Å². The molecule has 1 aromatic rings. The van der Waals surface area contributed by atoms with E-state index in [2.05, 4.69) is 15.4 Å². The zero-order chi connectivity index (χ0) is 11.9. The van der Waals surface area contributed by atoms with Crippen molar-refractivity contribution in [1.82, 2.24) is 20.1 Å². The highest BCUT2D eigenvalue weighted by molar-refractivity contribution is 4.84. The van der Waals surface area contributed by atoms with Crippen LogP contribution in [0.3, 0.4) is 0 Å². The van der Waals surface area contributed by atoms with Crippen LogP contribution in [0.5, 0.6) is 0 Å². The van der Waals surface area contributed by atoms with Gasteiger partial charge in [-0.05, 0) is 6.42 Å². The monoisotopic (exact) mass is 240 g/mol. The van der Waals surface area contributed by atoms with Crippen LogP contribution in [-0.2, 0) is 22.6 Å². The third-order valence-electron chi connectivity index (χ3n) is 2.92. The summed E-state index contributed by atoms with van der Waals surface area (Å²) in [5.41, 5.74) is 0. The largest absolute Gasteiger partial charge is 0.383 e. The third-order valence-corrected chi connectivity index (χ3v) is 2.92. The van der Waals surface area contributed by atoms with Crippen molar-refractivity contribution in [3.63, 3.8) is 0 Å². The van der Waals surface area contributed by atoms with Crippen molar-refractivity contribution in [2.75, 3.05) is 33.5 Å². The Hall–Kier alpha value is -0.980. The molecule has 0 radical (unpaired) electrons. The second-order valence-electron chi connectivity index (χ2n) is 4.26. The first-order chi connectivity index (χ1) is 8.40. The Morgan fingerprint density at radius 3 is 3.35 bits per heavy atom. The Balaban J connectivity index is 1.79. The molecule has 0 saturated carbocycles. The maximum absolute atomic E-state index is 5.37. The SMILES string of the molecule is COCCNCc1ncnn1CC1CCOC1. The molecule has 0 aromatic carbocycles. The molecule has 0 amide bonds. The minimum atomic E-state index is 0.578. The summed E-state index contributed by atoms with van der Waals surface area (Å²) in [6, 6.07) is 0. The molecule has 2 rings (SSSR count). The van der Waals surface area contributed by atoms with Crippen molar-refractivity contribution >= 4 is 0 Å². The Morgan fingerprint density at radius 2 is 2.59 bits per heavy atom. The lowest BCUT2D eigenvalue weighted by Crippen LogP contribution is -2.23. The Labute approximate surface area is 101 Å². The molecule has 1 unspecified atom stereocenters. The molecule has 6 nitrogen and oxygen atoms in total. The lowest BCUT2D eigenvalue weighted by Gasteiger charge is -2.10. The summed E-state index contributed by atoms with van der Waals surface area (Å²) in [5.74, 6) is 1.56. The average molecular weight is 240 g/mol. The van der Waals surface area contributed by atoms with Gasteiger partial charge in [0, 0.05) is 32.7 Å². The van der Waals surface area contributed by atoms with Gasteiger partial charge in [-0.1, -0.05) is 0 Å². The van der Waals surface area contributed by atoms with Crippen LogP contribution in [0.1, 0.15) is 12.2 Å². The van der Waals surface area contributed by atoms with Crippen LogP contribution in [0.4, 0.5) is 0 Å². The summed E-state index contributed by atoms with van der Waals surface area (Å²) in [6.07, 6.45) is 2.74. The fourth-order valence-corrected chi connectivity index (χ4v) is 1.92. The fraction of sp³-hybridized carbons (Fsp3) is 0.818. The van der Waals surface area contributed by atoms with E-state index in [9.17, 15) is 0 Å². The topological polar surface area (TPSA) is 61.2 Å². The van der Waals surface area contributed by atoms with Crippen LogP contribution in [0.25, 0.3) is 0 Å². The van der Waals surface area contributed by atoms with Crippen LogP contribution >= 0.6 is 0 Å². The molecule has 0 aliphatic carbocycles. The number of rotatable bonds is 7. The summed E-state index contributed by atoms with van der Waals surface area (Å²) >= 11 is 0. The Morgan fingerprint density at radius 1 is 1.65 bits per heavy atom. The third kappa shape index (κ3) is 3.76. The number of hydrogen-bond acceptors (Lipinski definition) is 5. The highest BCUT2D eigenvalue weighted by Gasteiger charge is 2.17. The van der Waals surface area contributed by atoms with Gasteiger partial charge in [0.25, 0.3) is 0 Å². The van der Waals surface area contributed by atoms with Gasteiger partial charge in [0.2, 0.25) is 0 Å². The van der Waals surface area contributed by atoms with E-state index in [1.54, 1.807) is 13.4 Å². The fourth-order valence-electron chi connectivity index (χ4n) is 1.92. The highest BCUT2D eigenvalue weighted by atomic mass is 16.5. The van der Waals surface area contributed by atoms with Crippen LogP contribution < -0.4 is 5.32 Å². The van der Waals surface area contributed by atoms with Gasteiger partial charge in [0.15, 0.2) is 0 Å². The number of methoxy groups -OCH3 is 1. The zero-order valence-corrected chi connectivity index (χ0v) is 10.3. The molecule has 1 aliphatic heterocycles. The van der Waals surface area contributed by atoms with Gasteiger partial charge < -0.3 is 14.8 Å². The van der Waals surface area contributed by atoms with Crippen molar-refractivity contribution in [3.05, 3.63) is 12.2 Å². The van der Waals surface area contributed by atoms with Crippen LogP contribution in [-0.4, -0.2) is 48.2 Å². The maximum Gasteiger partial charge on any atom is 0.140 e. The van der Waals surface area contributed by atoms with E-state index in [4.69, 9.17) is 9.47 Å². The minimum Gasteiger partial charge on any atom is -0.383 e. The van der Waals surface area contributed by atoms with Crippen molar-refractivity contribution in [3.8, 4) is 0 Å². The van der Waals surface area contributed by atoms with Gasteiger partial charge in [0.1, 0.15) is 12.2 Å². The summed E-state index contributed by atoms with van der Waals surface area (Å²) in [4.78, 5) is 4.26. The molecule has 17 heavy (non-hydrogen) atoms. The normalized spacial score (nSPS) is 19.9. The molecule has 96 valence electrons. The van der Waals surface area contributed by atoms with E-state index in [0.29, 0.717) is 12.5 Å². The van der Waals surface area contributed by atoms with E-state index in [1.807, 2.05) is 4.68 Å². The number of nitrogens with zero attached hydrogens (tertiary/aromatic N) is 3. The molecule has 1 N–H and O–H groups in total. The first-order valence-electron chi connectivity index (χ1n) is 6.04. The molecule has 1 saturated heterocycles. The predicted molar refractivity (Wildman–Crippen MR) is 62.5 cm³/mol. The smallest absolute Gasteiger partial charge is 0.140 e. The van der Waals surface area contributed by atoms with Crippen LogP contribution in [0.15, 0.2) is 6.33 Å². The molecular formula is C11H20N4O2. The van der Waals surface area contributed by atoms with Crippen molar-refractivity contribution in [2.24, 2.45) is 5.92 Å². The first kappa shape index (κ1) is 12.5. The lowest BCUT2D eigenvalue weighted by atomic mass is 10.1. The van der Waals surface area contributed by atoms with Gasteiger partial charge in [-0.15, -0.1) is 0 Å². The predicted octanol–water partition coefficient (Wildman–Crippen LogP) is 0.0506. The number of aromatic nitrogens is 3. The standard InChI is InChI=1S/C11H20N4O2/c1-16-5-3-12-6-11-13-9-14-15(11)7-10-2-4-17-8-10/h9-10,12H,2-8H2,1H3. The van der Waals surface area contributed by atoms with E-state index in [0.717, 1.165) is 45.1 Å². The zero-order valence-electron chi connectivity index (χ0n) is 10.3. The molecule has 1 aromatic heterocycles. The molecule has 1 aliphatic rings. The second kappa shape index (κ2) is 6.68. The first-order valence-corrected chi connectivity index (χ1v) is 6.04. The molecule has 0 spiro atoms. The maximum atomic E-state index is 5.37. The minimum absolute atomic E-state index is 0.578. The van der Waals surface area contributed by atoms with E-state index in [1.165, 1.54) is 0 Å². The van der Waals surface area contributed by atoms with Crippen LogP contribution in [0.2, 0.25) is 0 Å². The Kier molecular flexibility index (Phi) is 4.90. The average Bonchev–Trinajstić information content (AvgIpc) is 2.97. The van der Waals surface area contributed by atoms with E-state index in [-0.39, 0.29) is 0 Å². The second-order valence-corrected chi connectivity index (χ2v) is 4.26. The van der Waals surface area contributed by atoms with Crippen molar-refractivity contribution < 1.29 is 9.47 Å². The van der Waals surface area contributed by atoms with Gasteiger partial charge in [-0.3, -0.25) is 0 Å². The van der Waals surface area contributed by atoms with Crippen molar-refractivity contribution in [2.45, 2.75) is 19.5 Å². The van der Waals surface area contributed by atoms with E-state index >= 15 is 0 Å². The summed E-state index contributed by atoms with van der Waals surface area (Å²) in [6.45, 7) is 4.90. The molecule has 1 fully saturated rings. The molecular weight excluding hydrogens is 220 g/mol. The van der Waals surface area contributed by atoms with Crippen LogP contribution in [0, 0.1) is 5.92 Å². The molecule has 6 heteroatoms. The lowest BCUT2D eigenvalue weighted by molar-refractivity contribution is 0.181. The van der Waals surface area contributed by atoms with Crippen molar-refractivity contribution in [1.29, 1.82) is 0 Å².